The molecule has 7 nitrogen and oxygen atoms in total. The van der Waals surface area contributed by atoms with Crippen molar-refractivity contribution < 1.29 is 14.2 Å². The number of rotatable bonds is 5. The lowest BCUT2D eigenvalue weighted by atomic mass is 10.1. The van der Waals surface area contributed by atoms with E-state index in [0.29, 0.717) is 28.9 Å². The van der Waals surface area contributed by atoms with Crippen molar-refractivity contribution in [2.45, 2.75) is 13.0 Å². The Morgan fingerprint density at radius 3 is 2.10 bits per heavy atom. The third-order valence-corrected chi connectivity index (χ3v) is 2.86. The molecule has 7 heteroatoms. The third-order valence-electron chi connectivity index (χ3n) is 2.86. The maximum absolute atomic E-state index is 5.76. The first-order valence-electron chi connectivity index (χ1n) is 6.09. The van der Waals surface area contributed by atoms with E-state index < -0.39 is 0 Å². The summed E-state index contributed by atoms with van der Waals surface area (Å²) in [6.45, 7) is 1.83. The SMILES string of the molecule is COc1cc(-c2n[nH]c(C(C)N)n2)cc(OC)c1OC. The van der Waals surface area contributed by atoms with Crippen LogP contribution in [0.3, 0.4) is 0 Å². The molecule has 1 aromatic carbocycles. The topological polar surface area (TPSA) is 95.3 Å². The summed E-state index contributed by atoms with van der Waals surface area (Å²) < 4.78 is 15.9. The van der Waals surface area contributed by atoms with E-state index in [2.05, 4.69) is 15.2 Å². The Kier molecular flexibility index (Phi) is 4.09. The monoisotopic (exact) mass is 278 g/mol. The van der Waals surface area contributed by atoms with Crippen molar-refractivity contribution in [2.75, 3.05) is 21.3 Å². The second-order valence-corrected chi connectivity index (χ2v) is 4.25. The third kappa shape index (κ3) is 2.53. The van der Waals surface area contributed by atoms with Crippen LogP contribution >= 0.6 is 0 Å². The number of hydrogen-bond acceptors (Lipinski definition) is 6. The Hall–Kier alpha value is -2.28. The average Bonchev–Trinajstić information content (AvgIpc) is 2.95. The van der Waals surface area contributed by atoms with Gasteiger partial charge in [-0.25, -0.2) is 4.98 Å². The van der Waals surface area contributed by atoms with Gasteiger partial charge in [-0.3, -0.25) is 5.10 Å². The predicted octanol–water partition coefficient (Wildman–Crippen LogP) is 1.52. The number of H-pyrrole nitrogens is 1. The molecule has 0 bridgehead atoms. The zero-order valence-corrected chi connectivity index (χ0v) is 11.9. The van der Waals surface area contributed by atoms with Crippen LogP contribution in [-0.4, -0.2) is 36.5 Å². The Balaban J connectivity index is 2.50. The van der Waals surface area contributed by atoms with E-state index in [1.165, 1.54) is 0 Å². The highest BCUT2D eigenvalue weighted by atomic mass is 16.5. The molecule has 1 unspecified atom stereocenters. The lowest BCUT2D eigenvalue weighted by molar-refractivity contribution is 0.324. The quantitative estimate of drug-likeness (QED) is 0.861. The number of ether oxygens (including phenoxy) is 3. The highest BCUT2D eigenvalue weighted by Gasteiger charge is 2.16. The van der Waals surface area contributed by atoms with Crippen molar-refractivity contribution in [2.24, 2.45) is 5.73 Å². The van der Waals surface area contributed by atoms with Crippen LogP contribution in [0.1, 0.15) is 18.8 Å². The van der Waals surface area contributed by atoms with Crippen molar-refractivity contribution in [1.29, 1.82) is 0 Å². The van der Waals surface area contributed by atoms with Gasteiger partial charge in [0.25, 0.3) is 0 Å². The van der Waals surface area contributed by atoms with Gasteiger partial charge in [-0.1, -0.05) is 0 Å². The van der Waals surface area contributed by atoms with Crippen LogP contribution in [0.25, 0.3) is 11.4 Å². The van der Waals surface area contributed by atoms with Crippen LogP contribution in [0, 0.1) is 0 Å². The molecule has 1 heterocycles. The molecule has 0 aliphatic heterocycles. The molecule has 0 fully saturated rings. The second-order valence-electron chi connectivity index (χ2n) is 4.25. The fraction of sp³-hybridized carbons (Fsp3) is 0.385. The Morgan fingerprint density at radius 2 is 1.70 bits per heavy atom. The minimum Gasteiger partial charge on any atom is -0.493 e. The lowest BCUT2D eigenvalue weighted by Gasteiger charge is -2.12. The van der Waals surface area contributed by atoms with E-state index in [9.17, 15) is 0 Å². The van der Waals surface area contributed by atoms with Crippen molar-refractivity contribution in [3.8, 4) is 28.6 Å². The van der Waals surface area contributed by atoms with Gasteiger partial charge in [0, 0.05) is 5.56 Å². The minimum atomic E-state index is -0.210. The highest BCUT2D eigenvalue weighted by Crippen LogP contribution is 2.40. The molecule has 20 heavy (non-hydrogen) atoms. The summed E-state index contributed by atoms with van der Waals surface area (Å²) in [6, 6.07) is 3.36. The molecular formula is C13H18N4O3. The number of aromatic amines is 1. The fourth-order valence-electron chi connectivity index (χ4n) is 1.82. The zero-order chi connectivity index (χ0) is 14.7. The number of nitrogens with one attached hydrogen (secondary N) is 1. The zero-order valence-electron chi connectivity index (χ0n) is 11.9. The number of nitrogens with zero attached hydrogens (tertiary/aromatic N) is 2. The molecule has 0 saturated heterocycles. The normalized spacial score (nSPS) is 12.1. The lowest BCUT2D eigenvalue weighted by Crippen LogP contribution is -2.06. The molecule has 3 N–H and O–H groups in total. The molecule has 0 radical (unpaired) electrons. The standard InChI is InChI=1S/C13H18N4O3/c1-7(14)12-15-13(17-16-12)8-5-9(18-2)11(20-4)10(6-8)19-3/h5-7H,14H2,1-4H3,(H,15,16,17). The molecular weight excluding hydrogens is 260 g/mol. The first-order valence-corrected chi connectivity index (χ1v) is 6.09. The summed E-state index contributed by atoms with van der Waals surface area (Å²) in [5.74, 6) is 2.77. The summed E-state index contributed by atoms with van der Waals surface area (Å²) in [7, 11) is 4.68. The first kappa shape index (κ1) is 14.1. The maximum Gasteiger partial charge on any atom is 0.203 e. The van der Waals surface area contributed by atoms with Crippen LogP contribution < -0.4 is 19.9 Å². The predicted molar refractivity (Wildman–Crippen MR) is 74.1 cm³/mol. The van der Waals surface area contributed by atoms with E-state index >= 15 is 0 Å². The molecule has 0 aliphatic carbocycles. The van der Waals surface area contributed by atoms with Gasteiger partial charge >= 0.3 is 0 Å². The van der Waals surface area contributed by atoms with Crippen LogP contribution in [0.4, 0.5) is 0 Å². The van der Waals surface area contributed by atoms with Gasteiger partial charge in [-0.2, -0.15) is 5.10 Å². The molecule has 2 rings (SSSR count). The molecule has 0 spiro atoms. The Morgan fingerprint density at radius 1 is 1.10 bits per heavy atom. The number of aromatic nitrogens is 3. The minimum absolute atomic E-state index is 0.210. The van der Waals surface area contributed by atoms with E-state index in [1.807, 2.05) is 6.92 Å². The number of nitrogens with two attached hydrogens (primary N) is 1. The van der Waals surface area contributed by atoms with E-state index in [0.717, 1.165) is 5.56 Å². The van der Waals surface area contributed by atoms with Crippen LogP contribution in [0.5, 0.6) is 17.2 Å². The van der Waals surface area contributed by atoms with Crippen molar-refractivity contribution >= 4 is 0 Å². The fourth-order valence-corrected chi connectivity index (χ4v) is 1.82. The van der Waals surface area contributed by atoms with Gasteiger partial charge in [0.05, 0.1) is 27.4 Å². The van der Waals surface area contributed by atoms with Crippen molar-refractivity contribution in [3.05, 3.63) is 18.0 Å². The van der Waals surface area contributed by atoms with Crippen molar-refractivity contribution in [1.82, 2.24) is 15.2 Å². The summed E-state index contributed by atoms with van der Waals surface area (Å²) in [5, 5.41) is 6.95. The first-order chi connectivity index (χ1) is 9.60. The van der Waals surface area contributed by atoms with Gasteiger partial charge in [0.2, 0.25) is 5.75 Å². The van der Waals surface area contributed by atoms with Gasteiger partial charge in [0.1, 0.15) is 5.82 Å². The molecule has 108 valence electrons. The van der Waals surface area contributed by atoms with Gasteiger partial charge in [0.15, 0.2) is 17.3 Å². The number of hydrogen-bond donors (Lipinski definition) is 2. The Bertz CT molecular complexity index is 570. The smallest absolute Gasteiger partial charge is 0.203 e. The van der Waals surface area contributed by atoms with E-state index in [4.69, 9.17) is 19.9 Å². The van der Waals surface area contributed by atoms with Gasteiger partial charge < -0.3 is 19.9 Å². The number of benzene rings is 1. The molecule has 0 aliphatic rings. The number of methoxy groups -OCH3 is 3. The Labute approximate surface area is 117 Å². The summed E-state index contributed by atoms with van der Waals surface area (Å²) >= 11 is 0. The molecule has 0 amide bonds. The van der Waals surface area contributed by atoms with Gasteiger partial charge in [-0.15, -0.1) is 0 Å². The summed E-state index contributed by atoms with van der Waals surface area (Å²) in [5.41, 5.74) is 6.51. The maximum atomic E-state index is 5.76. The van der Waals surface area contributed by atoms with Crippen LogP contribution in [0.15, 0.2) is 12.1 Å². The largest absolute Gasteiger partial charge is 0.493 e. The van der Waals surface area contributed by atoms with E-state index in [-0.39, 0.29) is 6.04 Å². The molecule has 1 atom stereocenters. The molecule has 1 aromatic heterocycles. The molecule has 2 aromatic rings. The van der Waals surface area contributed by atoms with E-state index in [1.54, 1.807) is 33.5 Å². The molecule has 0 saturated carbocycles. The average molecular weight is 278 g/mol. The van der Waals surface area contributed by atoms with Gasteiger partial charge in [-0.05, 0) is 19.1 Å². The van der Waals surface area contributed by atoms with Crippen molar-refractivity contribution in [3.63, 3.8) is 0 Å². The highest BCUT2D eigenvalue weighted by molar-refractivity contribution is 5.66. The second kappa shape index (κ2) is 5.79. The van der Waals surface area contributed by atoms with Crippen LogP contribution in [0.2, 0.25) is 0 Å². The summed E-state index contributed by atoms with van der Waals surface area (Å²) in [4.78, 5) is 4.34. The summed E-state index contributed by atoms with van der Waals surface area (Å²) in [6.07, 6.45) is 0. The van der Waals surface area contributed by atoms with Crippen LogP contribution in [-0.2, 0) is 0 Å².